The number of halogens is 9. The van der Waals surface area contributed by atoms with Gasteiger partial charge in [0.05, 0.1) is 0 Å². The van der Waals surface area contributed by atoms with Crippen molar-refractivity contribution in [3.8, 4) is 0 Å². The number of carbonyl (C=O) groups is 1. The van der Waals surface area contributed by atoms with Gasteiger partial charge in [0, 0.05) is 6.08 Å². The van der Waals surface area contributed by atoms with Crippen LogP contribution in [-0.4, -0.2) is 34.3 Å². The van der Waals surface area contributed by atoms with E-state index in [9.17, 15) is 35.5 Å². The number of hydrazine groups is 2. The molecule has 1 heterocycles. The first-order chi connectivity index (χ1) is 9.29. The summed E-state index contributed by atoms with van der Waals surface area (Å²) in [5, 5.41) is 2.19. The van der Waals surface area contributed by atoms with Crippen molar-refractivity contribution in [3.05, 3.63) is 11.2 Å². The monoisotopic (exact) mass is 362 g/mol. The van der Waals surface area contributed by atoms with Crippen molar-refractivity contribution in [1.82, 2.24) is 16.1 Å². The van der Waals surface area contributed by atoms with E-state index in [4.69, 9.17) is 23.2 Å². The zero-order valence-electron chi connectivity index (χ0n) is 9.28. The van der Waals surface area contributed by atoms with Crippen molar-refractivity contribution < 1.29 is 35.5 Å². The van der Waals surface area contributed by atoms with Gasteiger partial charge in [-0.1, -0.05) is 23.2 Å². The van der Waals surface area contributed by atoms with Gasteiger partial charge in [0.25, 0.3) is 0 Å². The summed E-state index contributed by atoms with van der Waals surface area (Å²) in [7, 11) is 0. The SMILES string of the molecule is O=C(NN1N=C(Cl)C=C(Cl)N1)C(F)(F)C(F)(F)C(F)(F)F. The number of hydrogen-bond acceptors (Lipinski definition) is 4. The first kappa shape index (κ1) is 17.6. The first-order valence-corrected chi connectivity index (χ1v) is 5.36. The summed E-state index contributed by atoms with van der Waals surface area (Å²) in [6, 6.07) is 0. The van der Waals surface area contributed by atoms with Gasteiger partial charge in [0.2, 0.25) is 0 Å². The van der Waals surface area contributed by atoms with E-state index in [-0.39, 0.29) is 10.4 Å². The molecule has 0 unspecified atom stereocenters. The Bertz CT molecular complexity index is 504. The van der Waals surface area contributed by atoms with E-state index in [1.807, 2.05) is 5.43 Å². The molecule has 14 heteroatoms. The lowest BCUT2D eigenvalue weighted by Crippen LogP contribution is -2.62. The molecule has 21 heavy (non-hydrogen) atoms. The van der Waals surface area contributed by atoms with Crippen LogP contribution in [0.3, 0.4) is 0 Å². The van der Waals surface area contributed by atoms with Crippen LogP contribution in [0.1, 0.15) is 0 Å². The number of alkyl halides is 7. The van der Waals surface area contributed by atoms with Crippen molar-refractivity contribution in [2.75, 3.05) is 0 Å². The second kappa shape index (κ2) is 5.40. The van der Waals surface area contributed by atoms with Crippen molar-refractivity contribution in [2.24, 2.45) is 5.10 Å². The Morgan fingerprint density at radius 2 is 1.71 bits per heavy atom. The van der Waals surface area contributed by atoms with Gasteiger partial charge < -0.3 is 0 Å². The lowest BCUT2D eigenvalue weighted by molar-refractivity contribution is -0.344. The number of nitrogens with one attached hydrogen (secondary N) is 2. The first-order valence-electron chi connectivity index (χ1n) is 4.60. The average molecular weight is 363 g/mol. The van der Waals surface area contributed by atoms with Gasteiger partial charge in [0.1, 0.15) is 5.16 Å². The van der Waals surface area contributed by atoms with Crippen LogP contribution in [0.4, 0.5) is 30.7 Å². The summed E-state index contributed by atoms with van der Waals surface area (Å²) < 4.78 is 86.8. The molecule has 0 atom stereocenters. The molecule has 0 radical (unpaired) electrons. The molecule has 2 N–H and O–H groups in total. The Morgan fingerprint density at radius 1 is 1.19 bits per heavy atom. The van der Waals surface area contributed by atoms with E-state index in [2.05, 4.69) is 5.10 Å². The fourth-order valence-corrected chi connectivity index (χ4v) is 1.35. The normalized spacial score (nSPS) is 16.9. The molecule has 5 nitrogen and oxygen atoms in total. The van der Waals surface area contributed by atoms with Crippen molar-refractivity contribution >= 4 is 34.3 Å². The standard InChI is InChI=1S/C7H3Cl2F7N4O/c8-2-1-3(9)18-20(17-2)19-4(21)5(10,11)6(12,13)7(14,15)16/h1,17H,(H,19,21). The van der Waals surface area contributed by atoms with Gasteiger partial charge >= 0.3 is 23.9 Å². The van der Waals surface area contributed by atoms with Gasteiger partial charge in [-0.2, -0.15) is 30.7 Å². The van der Waals surface area contributed by atoms with Crippen LogP contribution in [0.2, 0.25) is 0 Å². The molecule has 120 valence electrons. The maximum absolute atomic E-state index is 13.0. The Morgan fingerprint density at radius 3 is 2.14 bits per heavy atom. The van der Waals surface area contributed by atoms with Crippen LogP contribution >= 0.6 is 23.2 Å². The van der Waals surface area contributed by atoms with Crippen LogP contribution in [0.5, 0.6) is 0 Å². The minimum atomic E-state index is -6.64. The molecule has 0 fully saturated rings. The summed E-state index contributed by atoms with van der Waals surface area (Å²) in [5.74, 6) is -15.7. The number of hydrazone groups is 1. The topological polar surface area (TPSA) is 56.7 Å². The second-order valence-corrected chi connectivity index (χ2v) is 4.22. The lowest BCUT2D eigenvalue weighted by Gasteiger charge is -2.29. The molecule has 0 spiro atoms. The number of allylic oxidation sites excluding steroid dienone is 1. The van der Waals surface area contributed by atoms with E-state index in [0.717, 1.165) is 11.5 Å². The Balaban J connectivity index is 2.91. The number of amides is 1. The second-order valence-electron chi connectivity index (χ2n) is 3.43. The van der Waals surface area contributed by atoms with Crippen LogP contribution in [0.25, 0.3) is 0 Å². The minimum Gasteiger partial charge on any atom is -0.266 e. The van der Waals surface area contributed by atoms with Crippen LogP contribution < -0.4 is 10.9 Å². The fourth-order valence-electron chi connectivity index (χ4n) is 0.927. The molecule has 0 aromatic heterocycles. The summed E-state index contributed by atoms with van der Waals surface area (Å²) in [5.41, 5.74) is 2.79. The molecule has 0 aliphatic carbocycles. The summed E-state index contributed by atoms with van der Waals surface area (Å²) >= 11 is 10.6. The van der Waals surface area contributed by atoms with Crippen LogP contribution in [0, 0.1) is 0 Å². The molecule has 0 aromatic rings. The Hall–Kier alpha value is -1.43. The van der Waals surface area contributed by atoms with E-state index in [1.165, 1.54) is 0 Å². The molecular weight excluding hydrogens is 360 g/mol. The zero-order chi connectivity index (χ0) is 16.6. The van der Waals surface area contributed by atoms with Gasteiger partial charge in [-0.15, -0.1) is 10.3 Å². The smallest absolute Gasteiger partial charge is 0.266 e. The Kier molecular flexibility index (Phi) is 4.53. The maximum Gasteiger partial charge on any atom is 0.460 e. The van der Waals surface area contributed by atoms with E-state index >= 15 is 0 Å². The highest BCUT2D eigenvalue weighted by atomic mass is 35.5. The third-order valence-corrected chi connectivity index (χ3v) is 2.28. The summed E-state index contributed by atoms with van der Waals surface area (Å²) in [6.07, 6.45) is -5.70. The molecule has 0 saturated carbocycles. The van der Waals surface area contributed by atoms with E-state index < -0.39 is 29.1 Å². The highest BCUT2D eigenvalue weighted by Gasteiger charge is 2.76. The molecule has 1 aliphatic heterocycles. The number of carbonyl (C=O) groups excluding carboxylic acids is 1. The summed E-state index contributed by atoms with van der Waals surface area (Å²) in [4.78, 5) is 10.9. The molecule has 1 rings (SSSR count). The zero-order valence-corrected chi connectivity index (χ0v) is 10.8. The third-order valence-electron chi connectivity index (χ3n) is 1.90. The molecule has 0 aromatic carbocycles. The van der Waals surface area contributed by atoms with Crippen molar-refractivity contribution in [3.63, 3.8) is 0 Å². The summed E-state index contributed by atoms with van der Waals surface area (Å²) in [6.45, 7) is 0. The van der Waals surface area contributed by atoms with Crippen LogP contribution in [-0.2, 0) is 4.79 Å². The largest absolute Gasteiger partial charge is 0.460 e. The average Bonchev–Trinajstić information content (AvgIpc) is 2.25. The maximum atomic E-state index is 13.0. The fraction of sp³-hybridized carbons (Fsp3) is 0.429. The third kappa shape index (κ3) is 3.43. The van der Waals surface area contributed by atoms with Crippen molar-refractivity contribution in [2.45, 2.75) is 18.0 Å². The number of rotatable bonds is 3. The quantitative estimate of drug-likeness (QED) is 0.598. The molecule has 0 bridgehead atoms. The molecule has 1 amide bonds. The lowest BCUT2D eigenvalue weighted by atomic mass is 10.1. The number of nitrogens with zero attached hydrogens (tertiary/aromatic N) is 2. The van der Waals surface area contributed by atoms with Crippen molar-refractivity contribution in [1.29, 1.82) is 0 Å². The predicted molar refractivity (Wildman–Crippen MR) is 56.3 cm³/mol. The number of hydrogen-bond donors (Lipinski definition) is 2. The highest BCUT2D eigenvalue weighted by molar-refractivity contribution is 6.69. The van der Waals surface area contributed by atoms with E-state index in [1.54, 1.807) is 0 Å². The van der Waals surface area contributed by atoms with Crippen LogP contribution in [0.15, 0.2) is 16.3 Å². The molecule has 1 aliphatic rings. The van der Waals surface area contributed by atoms with Gasteiger partial charge in [-0.25, -0.2) is 5.43 Å². The minimum absolute atomic E-state index is 0.0482. The Labute approximate surface area is 121 Å². The van der Waals surface area contributed by atoms with Gasteiger partial charge in [-0.3, -0.25) is 10.2 Å². The van der Waals surface area contributed by atoms with Gasteiger partial charge in [-0.05, 0) is 0 Å². The molecule has 0 saturated heterocycles. The van der Waals surface area contributed by atoms with E-state index in [0.29, 0.717) is 0 Å². The predicted octanol–water partition coefficient (Wildman–Crippen LogP) is 2.30. The highest BCUT2D eigenvalue weighted by Crippen LogP contribution is 2.46. The molecular formula is C7H3Cl2F7N4O. The van der Waals surface area contributed by atoms with Gasteiger partial charge in [0.15, 0.2) is 5.17 Å².